The Kier molecular flexibility index (Phi) is 4.05. The SMILES string of the molecule is O=C(O)C[C@H](NC(=O)c1ccc2[nH]cnc2c1)c1ccccc1. The number of benzene rings is 2. The monoisotopic (exact) mass is 309 g/mol. The molecule has 1 aromatic heterocycles. The fourth-order valence-electron chi connectivity index (χ4n) is 2.43. The number of carbonyl (C=O) groups is 2. The largest absolute Gasteiger partial charge is 0.481 e. The van der Waals surface area contributed by atoms with Gasteiger partial charge in [0.1, 0.15) is 0 Å². The van der Waals surface area contributed by atoms with Crippen LogP contribution < -0.4 is 5.32 Å². The highest BCUT2D eigenvalue weighted by atomic mass is 16.4. The zero-order valence-electron chi connectivity index (χ0n) is 12.2. The van der Waals surface area contributed by atoms with Gasteiger partial charge in [0.2, 0.25) is 0 Å². The molecule has 1 heterocycles. The predicted molar refractivity (Wildman–Crippen MR) is 85.0 cm³/mol. The van der Waals surface area contributed by atoms with E-state index in [1.54, 1.807) is 36.7 Å². The molecule has 0 spiro atoms. The molecule has 6 heteroatoms. The van der Waals surface area contributed by atoms with Crippen molar-refractivity contribution in [3.63, 3.8) is 0 Å². The fraction of sp³-hybridized carbons (Fsp3) is 0.118. The summed E-state index contributed by atoms with van der Waals surface area (Å²) in [4.78, 5) is 30.6. The van der Waals surface area contributed by atoms with Gasteiger partial charge in [-0.15, -0.1) is 0 Å². The molecule has 0 saturated heterocycles. The number of carboxylic acids is 1. The lowest BCUT2D eigenvalue weighted by Crippen LogP contribution is -2.30. The molecule has 0 aliphatic rings. The van der Waals surface area contributed by atoms with Crippen molar-refractivity contribution < 1.29 is 14.7 Å². The molecule has 1 atom stereocenters. The minimum Gasteiger partial charge on any atom is -0.481 e. The third kappa shape index (κ3) is 3.37. The Balaban J connectivity index is 1.83. The second-order valence-corrected chi connectivity index (χ2v) is 5.17. The summed E-state index contributed by atoms with van der Waals surface area (Å²) in [7, 11) is 0. The molecular formula is C17H15N3O3. The van der Waals surface area contributed by atoms with E-state index >= 15 is 0 Å². The summed E-state index contributed by atoms with van der Waals surface area (Å²) in [6.07, 6.45) is 1.38. The average Bonchev–Trinajstić information content (AvgIpc) is 3.02. The summed E-state index contributed by atoms with van der Waals surface area (Å²) in [6, 6.07) is 13.6. The van der Waals surface area contributed by atoms with Gasteiger partial charge < -0.3 is 15.4 Å². The van der Waals surface area contributed by atoms with Crippen LogP contribution in [-0.4, -0.2) is 27.0 Å². The number of rotatable bonds is 5. The number of nitrogens with one attached hydrogen (secondary N) is 2. The molecular weight excluding hydrogens is 294 g/mol. The smallest absolute Gasteiger partial charge is 0.305 e. The number of aromatic amines is 1. The number of nitrogens with zero attached hydrogens (tertiary/aromatic N) is 1. The number of hydrogen-bond donors (Lipinski definition) is 3. The maximum absolute atomic E-state index is 12.4. The highest BCUT2D eigenvalue weighted by molar-refractivity contribution is 5.97. The van der Waals surface area contributed by atoms with Crippen molar-refractivity contribution in [1.29, 1.82) is 0 Å². The Morgan fingerprint density at radius 2 is 1.96 bits per heavy atom. The Hall–Kier alpha value is -3.15. The van der Waals surface area contributed by atoms with Crippen LogP contribution in [0.4, 0.5) is 0 Å². The third-order valence-electron chi connectivity index (χ3n) is 3.57. The summed E-state index contributed by atoms with van der Waals surface area (Å²) >= 11 is 0. The zero-order chi connectivity index (χ0) is 16.2. The van der Waals surface area contributed by atoms with E-state index in [4.69, 9.17) is 5.11 Å². The van der Waals surface area contributed by atoms with Crippen molar-refractivity contribution in [2.45, 2.75) is 12.5 Å². The molecule has 0 aliphatic carbocycles. The van der Waals surface area contributed by atoms with E-state index in [1.165, 1.54) is 0 Å². The van der Waals surface area contributed by atoms with E-state index in [0.717, 1.165) is 11.1 Å². The number of H-pyrrole nitrogens is 1. The number of fused-ring (bicyclic) bond motifs is 1. The van der Waals surface area contributed by atoms with Gasteiger partial charge in [-0.1, -0.05) is 30.3 Å². The Labute approximate surface area is 132 Å². The average molecular weight is 309 g/mol. The first-order chi connectivity index (χ1) is 11.1. The Morgan fingerprint density at radius 1 is 1.17 bits per heavy atom. The van der Waals surface area contributed by atoms with Gasteiger partial charge in [0.15, 0.2) is 0 Å². The summed E-state index contributed by atoms with van der Waals surface area (Å²) in [6.45, 7) is 0. The molecule has 3 aromatic rings. The molecule has 0 fully saturated rings. The van der Waals surface area contributed by atoms with Crippen LogP contribution in [0.5, 0.6) is 0 Å². The zero-order valence-corrected chi connectivity index (χ0v) is 12.2. The summed E-state index contributed by atoms with van der Waals surface area (Å²) in [5, 5.41) is 11.9. The van der Waals surface area contributed by atoms with Crippen LogP contribution in [-0.2, 0) is 4.79 Å². The topological polar surface area (TPSA) is 95.1 Å². The second kappa shape index (κ2) is 6.31. The first-order valence-electron chi connectivity index (χ1n) is 7.14. The highest BCUT2D eigenvalue weighted by Gasteiger charge is 2.19. The van der Waals surface area contributed by atoms with Crippen molar-refractivity contribution in [2.75, 3.05) is 0 Å². The molecule has 0 saturated carbocycles. The van der Waals surface area contributed by atoms with Crippen molar-refractivity contribution in [1.82, 2.24) is 15.3 Å². The molecule has 3 N–H and O–H groups in total. The molecule has 23 heavy (non-hydrogen) atoms. The van der Waals surface area contributed by atoms with Crippen LogP contribution in [0.15, 0.2) is 54.9 Å². The standard InChI is InChI=1S/C17H15N3O3/c21-16(22)9-14(11-4-2-1-3-5-11)20-17(23)12-6-7-13-15(8-12)19-10-18-13/h1-8,10,14H,9H2,(H,18,19)(H,20,23)(H,21,22)/t14-/m0/s1. The molecule has 116 valence electrons. The molecule has 0 unspecified atom stereocenters. The Bertz CT molecular complexity index is 842. The highest BCUT2D eigenvalue weighted by Crippen LogP contribution is 2.18. The number of hydrogen-bond acceptors (Lipinski definition) is 3. The summed E-state index contributed by atoms with van der Waals surface area (Å²) < 4.78 is 0. The van der Waals surface area contributed by atoms with Crippen LogP contribution >= 0.6 is 0 Å². The van der Waals surface area contributed by atoms with E-state index in [0.29, 0.717) is 11.1 Å². The third-order valence-corrected chi connectivity index (χ3v) is 3.57. The van der Waals surface area contributed by atoms with Crippen LogP contribution in [0, 0.1) is 0 Å². The van der Waals surface area contributed by atoms with Gasteiger partial charge in [-0.3, -0.25) is 9.59 Å². The molecule has 2 aromatic carbocycles. The van der Waals surface area contributed by atoms with Crippen LogP contribution in [0.1, 0.15) is 28.4 Å². The fourth-order valence-corrected chi connectivity index (χ4v) is 2.43. The van der Waals surface area contributed by atoms with E-state index < -0.39 is 12.0 Å². The van der Waals surface area contributed by atoms with Gasteiger partial charge >= 0.3 is 5.97 Å². The molecule has 0 radical (unpaired) electrons. The van der Waals surface area contributed by atoms with E-state index in [9.17, 15) is 9.59 Å². The quantitative estimate of drug-likeness (QED) is 0.675. The first kappa shape index (κ1) is 14.8. The van der Waals surface area contributed by atoms with E-state index in [1.807, 2.05) is 18.2 Å². The van der Waals surface area contributed by atoms with Gasteiger partial charge in [-0.05, 0) is 23.8 Å². The van der Waals surface area contributed by atoms with Crippen LogP contribution in [0.2, 0.25) is 0 Å². The van der Waals surface area contributed by atoms with E-state index in [2.05, 4.69) is 15.3 Å². The number of aromatic nitrogens is 2. The van der Waals surface area contributed by atoms with Gasteiger partial charge in [-0.25, -0.2) is 4.98 Å². The lowest BCUT2D eigenvalue weighted by atomic mass is 10.0. The normalized spacial score (nSPS) is 12.0. The maximum Gasteiger partial charge on any atom is 0.305 e. The van der Waals surface area contributed by atoms with Crippen molar-refractivity contribution >= 4 is 22.9 Å². The van der Waals surface area contributed by atoms with Gasteiger partial charge in [0.05, 0.1) is 29.8 Å². The lowest BCUT2D eigenvalue weighted by molar-refractivity contribution is -0.137. The molecule has 0 aliphatic heterocycles. The number of amides is 1. The van der Waals surface area contributed by atoms with Gasteiger partial charge in [-0.2, -0.15) is 0 Å². The number of imidazole rings is 1. The maximum atomic E-state index is 12.4. The van der Waals surface area contributed by atoms with Crippen molar-refractivity contribution in [3.05, 3.63) is 66.0 Å². The number of carboxylic acid groups (broad SMARTS) is 1. The van der Waals surface area contributed by atoms with E-state index in [-0.39, 0.29) is 12.3 Å². The van der Waals surface area contributed by atoms with Crippen LogP contribution in [0.25, 0.3) is 11.0 Å². The predicted octanol–water partition coefficient (Wildman–Crippen LogP) is 2.51. The minimum absolute atomic E-state index is 0.180. The minimum atomic E-state index is -0.970. The second-order valence-electron chi connectivity index (χ2n) is 5.17. The number of carbonyl (C=O) groups excluding carboxylic acids is 1. The number of aliphatic carboxylic acids is 1. The molecule has 3 rings (SSSR count). The van der Waals surface area contributed by atoms with Crippen LogP contribution in [0.3, 0.4) is 0 Å². The lowest BCUT2D eigenvalue weighted by Gasteiger charge is -2.17. The summed E-state index contributed by atoms with van der Waals surface area (Å²) in [5.74, 6) is -1.30. The Morgan fingerprint density at radius 3 is 2.70 bits per heavy atom. The molecule has 0 bridgehead atoms. The van der Waals surface area contributed by atoms with Crippen molar-refractivity contribution in [3.8, 4) is 0 Å². The van der Waals surface area contributed by atoms with Crippen molar-refractivity contribution in [2.24, 2.45) is 0 Å². The van der Waals surface area contributed by atoms with Gasteiger partial charge in [0, 0.05) is 5.56 Å². The summed E-state index contributed by atoms with van der Waals surface area (Å²) in [5.41, 5.74) is 2.72. The first-order valence-corrected chi connectivity index (χ1v) is 7.14. The molecule has 6 nitrogen and oxygen atoms in total. The van der Waals surface area contributed by atoms with Gasteiger partial charge in [0.25, 0.3) is 5.91 Å². The molecule has 1 amide bonds.